The largest absolute Gasteiger partial charge is 0.463 e. The normalized spacial score (nSPS) is 15.0. The van der Waals surface area contributed by atoms with Crippen LogP contribution in [-0.4, -0.2) is 28.6 Å². The van der Waals surface area contributed by atoms with Crippen molar-refractivity contribution in [2.45, 2.75) is 24.8 Å². The van der Waals surface area contributed by atoms with Gasteiger partial charge in [0.2, 0.25) is 0 Å². The number of aliphatic hydroxyl groups excluding tert-OH is 1. The summed E-state index contributed by atoms with van der Waals surface area (Å²) in [6, 6.07) is 0. The molecule has 2 unspecified atom stereocenters. The molecule has 0 aromatic heterocycles. The first-order valence-electron chi connectivity index (χ1n) is 3.68. The van der Waals surface area contributed by atoms with Crippen molar-refractivity contribution in [3.63, 3.8) is 0 Å². The van der Waals surface area contributed by atoms with E-state index in [2.05, 4.69) is 27.2 Å². The van der Waals surface area contributed by atoms with E-state index in [1.807, 2.05) is 0 Å². The molecule has 0 aromatic carbocycles. The van der Waals surface area contributed by atoms with Gasteiger partial charge in [-0.25, -0.2) is 4.79 Å². The van der Waals surface area contributed by atoms with Crippen LogP contribution in [0.3, 0.4) is 0 Å². The van der Waals surface area contributed by atoms with E-state index in [4.69, 9.17) is 0 Å². The molecule has 2 atom stereocenters. The van der Waals surface area contributed by atoms with Gasteiger partial charge in [0.1, 0.15) is 0 Å². The first kappa shape index (κ1) is 11.6. The first-order valence-corrected chi connectivity index (χ1v) is 4.60. The van der Waals surface area contributed by atoms with E-state index in [1.165, 1.54) is 0 Å². The maximum atomic E-state index is 11.0. The molecule has 0 saturated heterocycles. The number of carbonyl (C=O) groups excluding carboxylic acids is 1. The average Bonchev–Trinajstić information content (AvgIpc) is 2.02. The van der Waals surface area contributed by atoms with E-state index >= 15 is 0 Å². The predicted octanol–water partition coefficient (Wildman–Crippen LogP) is 1.25. The minimum atomic E-state index is -0.885. The van der Waals surface area contributed by atoms with Gasteiger partial charge in [-0.1, -0.05) is 22.5 Å². The number of alkyl halides is 1. The Morgan fingerprint density at radius 3 is 2.58 bits per heavy atom. The summed E-state index contributed by atoms with van der Waals surface area (Å²) < 4.78 is 4.66. The van der Waals surface area contributed by atoms with E-state index in [1.54, 1.807) is 13.8 Å². The van der Waals surface area contributed by atoms with E-state index in [0.29, 0.717) is 6.61 Å². The number of carbonyl (C=O) groups is 1. The zero-order valence-electron chi connectivity index (χ0n) is 7.21. The summed E-state index contributed by atoms with van der Waals surface area (Å²) in [6.45, 7) is 7.17. The minimum absolute atomic E-state index is 0.0845. The Bertz CT molecular complexity index is 177. The van der Waals surface area contributed by atoms with Crippen LogP contribution in [0.1, 0.15) is 13.8 Å². The van der Waals surface area contributed by atoms with Crippen LogP contribution in [0, 0.1) is 0 Å². The van der Waals surface area contributed by atoms with Gasteiger partial charge < -0.3 is 9.84 Å². The molecule has 4 heteroatoms. The minimum Gasteiger partial charge on any atom is -0.463 e. The topological polar surface area (TPSA) is 46.5 Å². The van der Waals surface area contributed by atoms with Crippen LogP contribution in [0.4, 0.5) is 0 Å². The van der Waals surface area contributed by atoms with Gasteiger partial charge in [0.05, 0.1) is 18.3 Å². The Labute approximate surface area is 80.5 Å². The van der Waals surface area contributed by atoms with Crippen molar-refractivity contribution in [2.75, 3.05) is 6.61 Å². The molecule has 1 N–H and O–H groups in total. The number of esters is 1. The van der Waals surface area contributed by atoms with Gasteiger partial charge in [-0.05, 0) is 13.8 Å². The summed E-state index contributed by atoms with van der Waals surface area (Å²) in [5, 5.41) is 9.34. The molecule has 70 valence electrons. The molecule has 12 heavy (non-hydrogen) atoms. The lowest BCUT2D eigenvalue weighted by Crippen LogP contribution is -2.25. The third kappa shape index (κ3) is 3.36. The third-order valence-corrected chi connectivity index (χ3v) is 1.83. The quantitative estimate of drug-likeness (QED) is 0.454. The molecule has 0 amide bonds. The third-order valence-electron chi connectivity index (χ3n) is 1.33. The summed E-state index contributed by atoms with van der Waals surface area (Å²) in [7, 11) is 0. The first-order chi connectivity index (χ1) is 5.50. The fourth-order valence-corrected chi connectivity index (χ4v) is 0.941. The molecule has 0 saturated carbocycles. The molecular formula is C8H13BrO3. The molecular weight excluding hydrogens is 224 g/mol. The van der Waals surface area contributed by atoms with Gasteiger partial charge in [-0.15, -0.1) is 0 Å². The fraction of sp³-hybridized carbons (Fsp3) is 0.625. The SMILES string of the molecule is C=C(C(=O)OCC)C(O)C(C)Br. The molecule has 0 spiro atoms. The second-order valence-electron chi connectivity index (χ2n) is 2.37. The highest BCUT2D eigenvalue weighted by Gasteiger charge is 2.21. The second-order valence-corrected chi connectivity index (χ2v) is 3.81. The van der Waals surface area contributed by atoms with Gasteiger partial charge in [0.25, 0.3) is 0 Å². The Kier molecular flexibility index (Phi) is 5.17. The van der Waals surface area contributed by atoms with Gasteiger partial charge in [-0.2, -0.15) is 0 Å². The van der Waals surface area contributed by atoms with Gasteiger partial charge in [0, 0.05) is 4.83 Å². The van der Waals surface area contributed by atoms with Crippen molar-refractivity contribution in [1.82, 2.24) is 0 Å². The highest BCUT2D eigenvalue weighted by molar-refractivity contribution is 9.09. The van der Waals surface area contributed by atoms with Crippen molar-refractivity contribution in [2.24, 2.45) is 0 Å². The number of aliphatic hydroxyl groups is 1. The van der Waals surface area contributed by atoms with Crippen molar-refractivity contribution < 1.29 is 14.6 Å². The second kappa shape index (κ2) is 5.32. The highest BCUT2D eigenvalue weighted by atomic mass is 79.9. The van der Waals surface area contributed by atoms with Crippen LogP contribution < -0.4 is 0 Å². The lowest BCUT2D eigenvalue weighted by atomic mass is 10.1. The lowest BCUT2D eigenvalue weighted by Gasteiger charge is -2.14. The van der Waals surface area contributed by atoms with Crippen molar-refractivity contribution in [3.8, 4) is 0 Å². The highest BCUT2D eigenvalue weighted by Crippen LogP contribution is 2.12. The van der Waals surface area contributed by atoms with Crippen molar-refractivity contribution >= 4 is 21.9 Å². The molecule has 0 aromatic rings. The summed E-state index contributed by atoms with van der Waals surface area (Å²) in [5.41, 5.74) is 0.0845. The van der Waals surface area contributed by atoms with E-state index in [9.17, 15) is 9.90 Å². The predicted molar refractivity (Wildman–Crippen MR) is 50.2 cm³/mol. The van der Waals surface area contributed by atoms with Gasteiger partial charge >= 0.3 is 5.97 Å². The smallest absolute Gasteiger partial charge is 0.336 e. The van der Waals surface area contributed by atoms with E-state index < -0.39 is 12.1 Å². The van der Waals surface area contributed by atoms with Crippen LogP contribution in [0.15, 0.2) is 12.2 Å². The molecule has 0 fully saturated rings. The van der Waals surface area contributed by atoms with Crippen LogP contribution in [0.25, 0.3) is 0 Å². The van der Waals surface area contributed by atoms with Crippen LogP contribution in [0.2, 0.25) is 0 Å². The standard InChI is InChI=1S/C8H13BrO3/c1-4-12-8(11)5(2)7(10)6(3)9/h6-7,10H,2,4H2,1,3H3. The molecule has 0 aliphatic heterocycles. The summed E-state index contributed by atoms with van der Waals surface area (Å²) in [6.07, 6.45) is -0.885. The molecule has 0 radical (unpaired) electrons. The number of ether oxygens (including phenoxy) is 1. The molecule has 0 rings (SSSR count). The van der Waals surface area contributed by atoms with Crippen LogP contribution >= 0.6 is 15.9 Å². The van der Waals surface area contributed by atoms with Crippen molar-refractivity contribution in [1.29, 1.82) is 0 Å². The Hall–Kier alpha value is -0.350. The monoisotopic (exact) mass is 236 g/mol. The number of halogens is 1. The number of hydrogen-bond acceptors (Lipinski definition) is 3. The number of hydrogen-bond donors (Lipinski definition) is 1. The summed E-state index contributed by atoms with van der Waals surface area (Å²) in [4.78, 5) is 10.8. The molecule has 0 aliphatic rings. The molecule has 3 nitrogen and oxygen atoms in total. The number of rotatable bonds is 4. The fourth-order valence-electron chi connectivity index (χ4n) is 0.622. The van der Waals surface area contributed by atoms with Crippen molar-refractivity contribution in [3.05, 3.63) is 12.2 Å². The molecule has 0 aliphatic carbocycles. The molecule has 0 bridgehead atoms. The van der Waals surface area contributed by atoms with Crippen LogP contribution in [-0.2, 0) is 9.53 Å². The zero-order chi connectivity index (χ0) is 9.72. The summed E-state index contributed by atoms with van der Waals surface area (Å²) in [5.74, 6) is -0.545. The van der Waals surface area contributed by atoms with Gasteiger partial charge in [-0.3, -0.25) is 0 Å². The Balaban J connectivity index is 4.10. The average molecular weight is 237 g/mol. The van der Waals surface area contributed by atoms with Gasteiger partial charge in [0.15, 0.2) is 0 Å². The maximum Gasteiger partial charge on any atom is 0.336 e. The molecule has 0 heterocycles. The Morgan fingerprint density at radius 1 is 1.75 bits per heavy atom. The van der Waals surface area contributed by atoms with E-state index in [-0.39, 0.29) is 10.4 Å². The van der Waals surface area contributed by atoms with Crippen LogP contribution in [0.5, 0.6) is 0 Å². The summed E-state index contributed by atoms with van der Waals surface area (Å²) >= 11 is 3.14. The zero-order valence-corrected chi connectivity index (χ0v) is 8.80. The lowest BCUT2D eigenvalue weighted by molar-refractivity contribution is -0.139. The Morgan fingerprint density at radius 2 is 2.25 bits per heavy atom. The van der Waals surface area contributed by atoms with E-state index in [0.717, 1.165) is 0 Å². The maximum absolute atomic E-state index is 11.0.